The SMILES string of the molecule is COc1cccc2cc(C(=O)NCCS(=O)(=O)Nc3ccn4nccc4c3)c(=O)oc12. The number of amides is 1. The van der Waals surface area contributed by atoms with Crippen molar-refractivity contribution in [2.75, 3.05) is 24.1 Å². The predicted molar refractivity (Wildman–Crippen MR) is 114 cm³/mol. The van der Waals surface area contributed by atoms with Crippen molar-refractivity contribution in [3.63, 3.8) is 0 Å². The lowest BCUT2D eigenvalue weighted by Gasteiger charge is -2.09. The number of rotatable bonds is 7. The van der Waals surface area contributed by atoms with Gasteiger partial charge in [0.25, 0.3) is 5.91 Å². The molecule has 0 aliphatic rings. The van der Waals surface area contributed by atoms with E-state index in [4.69, 9.17) is 9.15 Å². The van der Waals surface area contributed by atoms with Crippen molar-refractivity contribution in [3.05, 3.63) is 70.8 Å². The monoisotopic (exact) mass is 442 g/mol. The van der Waals surface area contributed by atoms with E-state index < -0.39 is 21.6 Å². The molecule has 0 radical (unpaired) electrons. The van der Waals surface area contributed by atoms with Crippen LogP contribution in [0.4, 0.5) is 5.69 Å². The number of aromatic nitrogens is 2. The van der Waals surface area contributed by atoms with Crippen LogP contribution in [0.5, 0.6) is 5.75 Å². The molecule has 0 atom stereocenters. The van der Waals surface area contributed by atoms with Gasteiger partial charge in [-0.3, -0.25) is 9.52 Å². The van der Waals surface area contributed by atoms with Gasteiger partial charge in [-0.05, 0) is 30.3 Å². The molecule has 0 spiro atoms. The minimum absolute atomic E-state index is 0.196. The molecule has 1 amide bonds. The maximum Gasteiger partial charge on any atom is 0.349 e. The topological polar surface area (TPSA) is 132 Å². The summed E-state index contributed by atoms with van der Waals surface area (Å²) in [5.74, 6) is -0.738. The van der Waals surface area contributed by atoms with Crippen molar-refractivity contribution in [1.82, 2.24) is 14.9 Å². The molecule has 0 aliphatic heterocycles. The fraction of sp³-hybridized carbons (Fsp3) is 0.150. The molecule has 4 rings (SSSR count). The zero-order valence-electron chi connectivity index (χ0n) is 16.4. The molecule has 0 bridgehead atoms. The lowest BCUT2D eigenvalue weighted by Crippen LogP contribution is -2.33. The Hall–Kier alpha value is -3.86. The van der Waals surface area contributed by atoms with Gasteiger partial charge in [-0.1, -0.05) is 12.1 Å². The van der Waals surface area contributed by atoms with Crippen molar-refractivity contribution in [3.8, 4) is 5.75 Å². The number of sulfonamides is 1. The van der Waals surface area contributed by atoms with Gasteiger partial charge >= 0.3 is 5.63 Å². The van der Waals surface area contributed by atoms with Crippen LogP contribution in [0.1, 0.15) is 10.4 Å². The van der Waals surface area contributed by atoms with Crippen molar-refractivity contribution in [2.24, 2.45) is 0 Å². The van der Waals surface area contributed by atoms with E-state index in [9.17, 15) is 18.0 Å². The van der Waals surface area contributed by atoms with Crippen LogP contribution in [0.15, 0.2) is 64.1 Å². The number of ether oxygens (including phenoxy) is 1. The normalized spacial score (nSPS) is 11.5. The van der Waals surface area contributed by atoms with E-state index in [2.05, 4.69) is 15.1 Å². The minimum Gasteiger partial charge on any atom is -0.493 e. The number of pyridine rings is 1. The van der Waals surface area contributed by atoms with Crippen molar-refractivity contribution < 1.29 is 22.4 Å². The number of fused-ring (bicyclic) bond motifs is 2. The Morgan fingerprint density at radius 3 is 2.87 bits per heavy atom. The molecular formula is C20H18N4O6S. The number of benzene rings is 1. The zero-order chi connectivity index (χ0) is 22.0. The van der Waals surface area contributed by atoms with Crippen LogP contribution in [0.2, 0.25) is 0 Å². The molecule has 2 N–H and O–H groups in total. The summed E-state index contributed by atoms with van der Waals surface area (Å²) in [5.41, 5.74) is 0.270. The summed E-state index contributed by atoms with van der Waals surface area (Å²) in [6.45, 7) is -0.196. The average Bonchev–Trinajstić information content (AvgIpc) is 3.20. The van der Waals surface area contributed by atoms with E-state index in [0.29, 0.717) is 16.8 Å². The standard InChI is InChI=1S/C20H18N4O6S/c1-29-17-4-2-3-13-11-16(20(26)30-18(13)17)19(25)21-8-10-31(27,28)23-14-6-9-24-15(12-14)5-7-22-24/h2-7,9,11-12,23H,8,10H2,1H3,(H,21,25). The van der Waals surface area contributed by atoms with Crippen LogP contribution in [0.3, 0.4) is 0 Å². The van der Waals surface area contributed by atoms with Gasteiger partial charge in [-0.2, -0.15) is 5.10 Å². The van der Waals surface area contributed by atoms with Gasteiger partial charge < -0.3 is 14.5 Å². The van der Waals surface area contributed by atoms with E-state index in [-0.39, 0.29) is 23.4 Å². The van der Waals surface area contributed by atoms with Gasteiger partial charge in [0.2, 0.25) is 10.0 Å². The molecule has 0 unspecified atom stereocenters. The van der Waals surface area contributed by atoms with Crippen LogP contribution in [-0.2, 0) is 10.0 Å². The fourth-order valence-corrected chi connectivity index (χ4v) is 4.01. The van der Waals surface area contributed by atoms with Crippen LogP contribution < -0.4 is 20.4 Å². The van der Waals surface area contributed by atoms with Gasteiger partial charge in [0.05, 0.1) is 24.1 Å². The van der Waals surface area contributed by atoms with E-state index >= 15 is 0 Å². The van der Waals surface area contributed by atoms with Crippen LogP contribution in [-0.4, -0.2) is 43.3 Å². The molecule has 1 aromatic carbocycles. The number of methoxy groups -OCH3 is 1. The lowest BCUT2D eigenvalue weighted by atomic mass is 10.1. The number of carbonyl (C=O) groups excluding carboxylic acids is 1. The summed E-state index contributed by atoms with van der Waals surface area (Å²) in [4.78, 5) is 24.6. The molecule has 0 aliphatic carbocycles. The number of nitrogens with zero attached hydrogens (tertiary/aromatic N) is 2. The zero-order valence-corrected chi connectivity index (χ0v) is 17.2. The van der Waals surface area contributed by atoms with E-state index in [1.165, 1.54) is 13.2 Å². The highest BCUT2D eigenvalue weighted by Crippen LogP contribution is 2.24. The van der Waals surface area contributed by atoms with Crippen molar-refractivity contribution in [1.29, 1.82) is 0 Å². The quantitative estimate of drug-likeness (QED) is 0.416. The minimum atomic E-state index is -3.73. The van der Waals surface area contributed by atoms with E-state index in [1.807, 2.05) is 0 Å². The second kappa shape index (κ2) is 8.11. The molecule has 0 saturated heterocycles. The van der Waals surface area contributed by atoms with Crippen LogP contribution in [0.25, 0.3) is 16.5 Å². The number of para-hydroxylation sites is 1. The van der Waals surface area contributed by atoms with Crippen molar-refractivity contribution >= 4 is 38.1 Å². The second-order valence-electron chi connectivity index (χ2n) is 6.62. The summed E-state index contributed by atoms with van der Waals surface area (Å²) in [6, 6.07) is 11.3. The second-order valence-corrected chi connectivity index (χ2v) is 8.46. The van der Waals surface area contributed by atoms with Gasteiger partial charge in [0.15, 0.2) is 11.3 Å². The number of carbonyl (C=O) groups is 1. The summed E-state index contributed by atoms with van der Waals surface area (Å²) in [7, 11) is -2.29. The van der Waals surface area contributed by atoms with Gasteiger partial charge in [-0.15, -0.1) is 0 Å². The third-order valence-corrected chi connectivity index (χ3v) is 5.81. The lowest BCUT2D eigenvalue weighted by molar-refractivity contribution is 0.0952. The molecule has 4 aromatic rings. The van der Waals surface area contributed by atoms with Crippen LogP contribution >= 0.6 is 0 Å². The Labute approximate surface area is 176 Å². The first-order valence-corrected chi connectivity index (χ1v) is 10.8. The highest BCUT2D eigenvalue weighted by molar-refractivity contribution is 7.92. The molecule has 0 saturated carbocycles. The third-order valence-electron chi connectivity index (χ3n) is 4.52. The Morgan fingerprint density at radius 2 is 2.06 bits per heavy atom. The molecule has 3 aromatic heterocycles. The first-order valence-electron chi connectivity index (χ1n) is 9.19. The van der Waals surface area contributed by atoms with Gasteiger partial charge in [0.1, 0.15) is 5.56 Å². The van der Waals surface area contributed by atoms with Crippen molar-refractivity contribution in [2.45, 2.75) is 0 Å². The average molecular weight is 442 g/mol. The maximum atomic E-state index is 12.4. The Balaban J connectivity index is 1.42. The molecule has 3 heterocycles. The molecule has 31 heavy (non-hydrogen) atoms. The molecule has 160 valence electrons. The molecule has 11 heteroatoms. The predicted octanol–water partition coefficient (Wildman–Crippen LogP) is 1.62. The fourth-order valence-electron chi connectivity index (χ4n) is 3.05. The first-order chi connectivity index (χ1) is 14.9. The Morgan fingerprint density at radius 1 is 1.23 bits per heavy atom. The maximum absolute atomic E-state index is 12.4. The summed E-state index contributed by atoms with van der Waals surface area (Å²) >= 11 is 0. The highest BCUT2D eigenvalue weighted by atomic mass is 32.2. The number of hydrogen-bond acceptors (Lipinski definition) is 7. The Kier molecular flexibility index (Phi) is 5.34. The Bertz CT molecular complexity index is 1440. The van der Waals surface area contributed by atoms with E-state index in [1.54, 1.807) is 53.3 Å². The summed E-state index contributed by atoms with van der Waals surface area (Å²) in [5, 5.41) is 6.99. The largest absolute Gasteiger partial charge is 0.493 e. The van der Waals surface area contributed by atoms with Gasteiger partial charge in [-0.25, -0.2) is 17.7 Å². The molecule has 0 fully saturated rings. The number of hydrogen-bond donors (Lipinski definition) is 2. The van der Waals surface area contributed by atoms with E-state index in [0.717, 1.165) is 5.52 Å². The highest BCUT2D eigenvalue weighted by Gasteiger charge is 2.17. The first kappa shape index (κ1) is 20.4. The van der Waals surface area contributed by atoms with Crippen LogP contribution in [0, 0.1) is 0 Å². The van der Waals surface area contributed by atoms with Gasteiger partial charge in [0, 0.05) is 24.3 Å². The summed E-state index contributed by atoms with van der Waals surface area (Å²) in [6.07, 6.45) is 3.23. The number of nitrogens with one attached hydrogen (secondary N) is 2. The molecular weight excluding hydrogens is 424 g/mol. The third kappa shape index (κ3) is 4.36. The smallest absolute Gasteiger partial charge is 0.349 e. The number of anilines is 1. The summed E-state index contributed by atoms with van der Waals surface area (Å²) < 4.78 is 39.1. The molecule has 10 nitrogen and oxygen atoms in total.